The number of ether oxygens (including phenoxy) is 1. The van der Waals surface area contributed by atoms with E-state index in [1.165, 1.54) is 0 Å². The van der Waals surface area contributed by atoms with Gasteiger partial charge in [0.25, 0.3) is 0 Å². The molecule has 0 spiro atoms. The van der Waals surface area contributed by atoms with Crippen LogP contribution in [0.25, 0.3) is 0 Å². The van der Waals surface area contributed by atoms with Crippen LogP contribution in [-0.2, 0) is 4.74 Å². The van der Waals surface area contributed by atoms with Gasteiger partial charge in [0, 0.05) is 6.61 Å². The van der Waals surface area contributed by atoms with Gasteiger partial charge in [-0.05, 0) is 19.8 Å². The molecule has 1 aromatic rings. The zero-order chi connectivity index (χ0) is 11.7. The second-order valence-corrected chi connectivity index (χ2v) is 3.98. The second-order valence-electron chi connectivity index (χ2n) is 3.98. The van der Waals surface area contributed by atoms with Crippen LogP contribution < -0.4 is 0 Å². The lowest BCUT2D eigenvalue weighted by molar-refractivity contribution is 0.0653. The summed E-state index contributed by atoms with van der Waals surface area (Å²) in [6.45, 7) is 4.37. The van der Waals surface area contributed by atoms with Crippen LogP contribution in [0.3, 0.4) is 0 Å². The molecule has 2 rings (SSSR count). The Morgan fingerprint density at radius 3 is 2.94 bits per heavy atom. The van der Waals surface area contributed by atoms with Crippen molar-refractivity contribution in [3.8, 4) is 0 Å². The lowest BCUT2D eigenvalue weighted by Crippen LogP contribution is -2.13. The van der Waals surface area contributed by atoms with Crippen LogP contribution in [0.15, 0.2) is 4.42 Å². The highest BCUT2D eigenvalue weighted by atomic mass is 16.5. The summed E-state index contributed by atoms with van der Waals surface area (Å²) in [5, 5.41) is 8.88. The SMILES string of the molecule is CCC1OCCC1c1nc(C)c(C(=O)O)o1. The van der Waals surface area contributed by atoms with Crippen LogP contribution in [0.1, 0.15) is 47.8 Å². The van der Waals surface area contributed by atoms with Crippen molar-refractivity contribution < 1.29 is 19.1 Å². The van der Waals surface area contributed by atoms with E-state index in [0.717, 1.165) is 12.8 Å². The van der Waals surface area contributed by atoms with E-state index in [9.17, 15) is 4.79 Å². The molecule has 0 aromatic carbocycles. The van der Waals surface area contributed by atoms with Gasteiger partial charge in [-0.25, -0.2) is 9.78 Å². The van der Waals surface area contributed by atoms with Crippen LogP contribution in [0.2, 0.25) is 0 Å². The molecule has 0 bridgehead atoms. The van der Waals surface area contributed by atoms with Crippen molar-refractivity contribution in [3.63, 3.8) is 0 Å². The van der Waals surface area contributed by atoms with Gasteiger partial charge < -0.3 is 14.3 Å². The van der Waals surface area contributed by atoms with Gasteiger partial charge in [-0.15, -0.1) is 0 Å². The third kappa shape index (κ3) is 1.82. The number of carbonyl (C=O) groups is 1. The second kappa shape index (κ2) is 4.25. The minimum atomic E-state index is -1.07. The third-order valence-electron chi connectivity index (χ3n) is 2.94. The van der Waals surface area contributed by atoms with Gasteiger partial charge in [0.15, 0.2) is 0 Å². The zero-order valence-electron chi connectivity index (χ0n) is 9.40. The van der Waals surface area contributed by atoms with E-state index < -0.39 is 5.97 Å². The van der Waals surface area contributed by atoms with Crippen LogP contribution in [-0.4, -0.2) is 28.8 Å². The number of hydrogen-bond acceptors (Lipinski definition) is 4. The van der Waals surface area contributed by atoms with Gasteiger partial charge in [-0.1, -0.05) is 6.92 Å². The van der Waals surface area contributed by atoms with Crippen LogP contribution in [0, 0.1) is 6.92 Å². The van der Waals surface area contributed by atoms with Crippen LogP contribution in [0.4, 0.5) is 0 Å². The summed E-state index contributed by atoms with van der Waals surface area (Å²) in [7, 11) is 0. The summed E-state index contributed by atoms with van der Waals surface area (Å²) in [5.41, 5.74) is 0.434. The number of carboxylic acid groups (broad SMARTS) is 1. The van der Waals surface area contributed by atoms with E-state index in [0.29, 0.717) is 18.2 Å². The van der Waals surface area contributed by atoms with Gasteiger partial charge in [0.1, 0.15) is 0 Å². The zero-order valence-corrected chi connectivity index (χ0v) is 9.40. The first-order valence-electron chi connectivity index (χ1n) is 5.45. The average Bonchev–Trinajstić information content (AvgIpc) is 2.82. The minimum Gasteiger partial charge on any atom is -0.475 e. The molecule has 0 saturated carbocycles. The van der Waals surface area contributed by atoms with Crippen molar-refractivity contribution in [2.45, 2.75) is 38.7 Å². The molecule has 0 aliphatic carbocycles. The largest absolute Gasteiger partial charge is 0.475 e. The smallest absolute Gasteiger partial charge is 0.373 e. The Labute approximate surface area is 93.4 Å². The summed E-state index contributed by atoms with van der Waals surface area (Å²) < 4.78 is 10.8. The molecule has 1 aromatic heterocycles. The molecular formula is C11H15NO4. The number of nitrogens with zero attached hydrogens (tertiary/aromatic N) is 1. The Morgan fingerprint density at radius 2 is 2.38 bits per heavy atom. The maximum atomic E-state index is 10.8. The number of aryl methyl sites for hydroxylation is 1. The summed E-state index contributed by atoms with van der Waals surface area (Å²) >= 11 is 0. The molecule has 1 aliphatic heterocycles. The highest BCUT2D eigenvalue weighted by Gasteiger charge is 2.33. The first-order valence-corrected chi connectivity index (χ1v) is 5.45. The lowest BCUT2D eigenvalue weighted by atomic mass is 10.00. The number of aromatic nitrogens is 1. The van der Waals surface area contributed by atoms with E-state index >= 15 is 0 Å². The number of carboxylic acids is 1. The predicted molar refractivity (Wildman–Crippen MR) is 55.6 cm³/mol. The molecule has 16 heavy (non-hydrogen) atoms. The third-order valence-corrected chi connectivity index (χ3v) is 2.94. The molecule has 1 fully saturated rings. The molecule has 1 saturated heterocycles. The van der Waals surface area contributed by atoms with Crippen molar-refractivity contribution in [2.24, 2.45) is 0 Å². The monoisotopic (exact) mass is 225 g/mol. The maximum absolute atomic E-state index is 10.8. The molecule has 88 valence electrons. The number of rotatable bonds is 3. The Hall–Kier alpha value is -1.36. The van der Waals surface area contributed by atoms with Crippen LogP contribution >= 0.6 is 0 Å². The van der Waals surface area contributed by atoms with E-state index in [4.69, 9.17) is 14.3 Å². The fraction of sp³-hybridized carbons (Fsp3) is 0.636. The fourth-order valence-corrected chi connectivity index (χ4v) is 2.11. The summed E-state index contributed by atoms with van der Waals surface area (Å²) in [6, 6.07) is 0. The average molecular weight is 225 g/mol. The molecular weight excluding hydrogens is 210 g/mol. The molecule has 1 N–H and O–H groups in total. The molecule has 0 amide bonds. The fourth-order valence-electron chi connectivity index (χ4n) is 2.11. The standard InChI is InChI=1S/C11H15NO4/c1-3-8-7(4-5-15-8)10-12-6(2)9(16-10)11(13)14/h7-8H,3-5H2,1-2H3,(H,13,14). The Bertz CT molecular complexity index is 399. The summed E-state index contributed by atoms with van der Waals surface area (Å²) in [5.74, 6) is -0.531. The minimum absolute atomic E-state index is 0.0586. The van der Waals surface area contributed by atoms with Gasteiger partial charge in [-0.3, -0.25) is 0 Å². The first kappa shape index (κ1) is 11.1. The summed E-state index contributed by atoms with van der Waals surface area (Å²) in [4.78, 5) is 15.0. The molecule has 5 heteroatoms. The number of aromatic carboxylic acids is 1. The normalized spacial score (nSPS) is 24.9. The van der Waals surface area contributed by atoms with Crippen molar-refractivity contribution in [2.75, 3.05) is 6.61 Å². The highest BCUT2D eigenvalue weighted by molar-refractivity contribution is 5.85. The number of oxazole rings is 1. The Balaban J connectivity index is 2.27. The van der Waals surface area contributed by atoms with Gasteiger partial charge in [0.05, 0.1) is 17.7 Å². The van der Waals surface area contributed by atoms with Gasteiger partial charge in [-0.2, -0.15) is 0 Å². The molecule has 0 radical (unpaired) electrons. The maximum Gasteiger partial charge on any atom is 0.373 e. The lowest BCUT2D eigenvalue weighted by Gasteiger charge is -2.12. The first-order chi connectivity index (χ1) is 7.63. The van der Waals surface area contributed by atoms with Gasteiger partial charge >= 0.3 is 5.97 Å². The molecule has 5 nitrogen and oxygen atoms in total. The topological polar surface area (TPSA) is 72.6 Å². The van der Waals surface area contributed by atoms with E-state index in [2.05, 4.69) is 4.98 Å². The highest BCUT2D eigenvalue weighted by Crippen LogP contribution is 2.33. The molecule has 2 heterocycles. The number of hydrogen-bond donors (Lipinski definition) is 1. The molecule has 2 atom stereocenters. The van der Waals surface area contributed by atoms with E-state index in [1.807, 2.05) is 6.92 Å². The van der Waals surface area contributed by atoms with Crippen molar-refractivity contribution in [1.29, 1.82) is 0 Å². The predicted octanol–water partition coefficient (Wildman–Crippen LogP) is 1.96. The van der Waals surface area contributed by atoms with Crippen molar-refractivity contribution >= 4 is 5.97 Å². The van der Waals surface area contributed by atoms with E-state index in [-0.39, 0.29) is 17.8 Å². The Morgan fingerprint density at radius 1 is 1.62 bits per heavy atom. The van der Waals surface area contributed by atoms with Crippen molar-refractivity contribution in [3.05, 3.63) is 17.3 Å². The van der Waals surface area contributed by atoms with E-state index in [1.54, 1.807) is 6.92 Å². The van der Waals surface area contributed by atoms with Crippen molar-refractivity contribution in [1.82, 2.24) is 4.98 Å². The summed E-state index contributed by atoms with van der Waals surface area (Å²) in [6.07, 6.45) is 1.83. The molecule has 2 unspecified atom stereocenters. The van der Waals surface area contributed by atoms with Crippen LogP contribution in [0.5, 0.6) is 0 Å². The molecule has 1 aliphatic rings. The van der Waals surface area contributed by atoms with Gasteiger partial charge in [0.2, 0.25) is 11.7 Å². The Kier molecular flexibility index (Phi) is 2.96. The quantitative estimate of drug-likeness (QED) is 0.851.